The second-order valence-electron chi connectivity index (χ2n) is 4.62. The van der Waals surface area contributed by atoms with Gasteiger partial charge in [0, 0.05) is 14.2 Å². The first kappa shape index (κ1) is 15.4. The molecule has 0 radical (unpaired) electrons. The highest BCUT2D eigenvalue weighted by atomic mass is 35.5. The maximum Gasteiger partial charge on any atom is 0.0835 e. The molecular weight excluding hydrogens is 254 g/mol. The first-order chi connectivity index (χ1) is 8.47. The summed E-state index contributed by atoms with van der Waals surface area (Å²) in [4.78, 5) is 0. The molecular formula is C12H22ClN3O2. The van der Waals surface area contributed by atoms with Gasteiger partial charge in [0.05, 0.1) is 41.7 Å². The molecule has 1 unspecified atom stereocenters. The van der Waals surface area contributed by atoms with Gasteiger partial charge in [-0.3, -0.25) is 4.68 Å². The molecule has 5 nitrogen and oxygen atoms in total. The summed E-state index contributed by atoms with van der Waals surface area (Å²) in [5.41, 5.74) is 0.534. The Morgan fingerprint density at radius 1 is 1.50 bits per heavy atom. The number of hydrogen-bond donors (Lipinski definition) is 1. The predicted molar refractivity (Wildman–Crippen MR) is 72.0 cm³/mol. The van der Waals surface area contributed by atoms with Gasteiger partial charge in [-0.25, -0.2) is 0 Å². The Labute approximate surface area is 113 Å². The van der Waals surface area contributed by atoms with Crippen molar-refractivity contribution in [2.24, 2.45) is 0 Å². The van der Waals surface area contributed by atoms with Crippen LogP contribution < -0.4 is 5.32 Å². The van der Waals surface area contributed by atoms with E-state index in [1.165, 1.54) is 0 Å². The fraction of sp³-hybridized carbons (Fsp3) is 0.750. The lowest BCUT2D eigenvalue weighted by molar-refractivity contribution is -0.0116. The second kappa shape index (κ2) is 6.52. The largest absolute Gasteiger partial charge is 0.383 e. The fourth-order valence-corrected chi connectivity index (χ4v) is 2.20. The molecule has 0 bridgehead atoms. The minimum Gasteiger partial charge on any atom is -0.383 e. The van der Waals surface area contributed by atoms with Crippen LogP contribution in [0.15, 0.2) is 6.20 Å². The van der Waals surface area contributed by atoms with Crippen LogP contribution in [0.5, 0.6) is 0 Å². The zero-order valence-electron chi connectivity index (χ0n) is 11.7. The molecule has 6 heteroatoms. The molecule has 1 N–H and O–H groups in total. The Bertz CT molecular complexity index is 379. The van der Waals surface area contributed by atoms with Crippen molar-refractivity contribution in [1.29, 1.82) is 0 Å². The standard InChI is InChI=1S/C12H22ClN3O2/c1-12(2,18-5)11(14-3)10-9(13)8-15-16(10)6-7-17-4/h8,11,14H,6-7H2,1-5H3. The number of rotatable bonds is 7. The highest BCUT2D eigenvalue weighted by Crippen LogP contribution is 2.32. The summed E-state index contributed by atoms with van der Waals surface area (Å²) < 4.78 is 12.5. The van der Waals surface area contributed by atoms with E-state index >= 15 is 0 Å². The minimum absolute atomic E-state index is 0.0469. The number of ether oxygens (including phenoxy) is 2. The van der Waals surface area contributed by atoms with Crippen molar-refractivity contribution in [3.05, 3.63) is 16.9 Å². The SMILES string of the molecule is CNC(c1c(Cl)cnn1CCOC)C(C)(C)OC. The smallest absolute Gasteiger partial charge is 0.0835 e. The molecule has 1 aromatic heterocycles. The van der Waals surface area contributed by atoms with E-state index in [9.17, 15) is 0 Å². The van der Waals surface area contributed by atoms with Crippen LogP contribution in [0.1, 0.15) is 25.6 Å². The monoisotopic (exact) mass is 275 g/mol. The summed E-state index contributed by atoms with van der Waals surface area (Å²) in [5, 5.41) is 8.16. The number of nitrogens with zero attached hydrogens (tertiary/aromatic N) is 2. The molecule has 1 atom stereocenters. The van der Waals surface area contributed by atoms with Crippen LogP contribution in [0.2, 0.25) is 5.02 Å². The number of halogens is 1. The Balaban J connectivity index is 3.08. The average molecular weight is 276 g/mol. The third-order valence-corrected chi connectivity index (χ3v) is 3.42. The zero-order chi connectivity index (χ0) is 13.8. The summed E-state index contributed by atoms with van der Waals surface area (Å²) in [6.07, 6.45) is 1.66. The molecule has 1 rings (SSSR count). The lowest BCUT2D eigenvalue weighted by atomic mass is 9.95. The molecule has 0 fully saturated rings. The third kappa shape index (κ3) is 3.23. The van der Waals surface area contributed by atoms with E-state index in [1.54, 1.807) is 20.4 Å². The molecule has 0 aliphatic carbocycles. The van der Waals surface area contributed by atoms with Crippen molar-refractivity contribution < 1.29 is 9.47 Å². The summed E-state index contributed by atoms with van der Waals surface area (Å²) in [6.45, 7) is 5.28. The Hall–Kier alpha value is -0.620. The summed E-state index contributed by atoms with van der Waals surface area (Å²) in [5.74, 6) is 0. The van der Waals surface area contributed by atoms with Crippen molar-refractivity contribution in [2.75, 3.05) is 27.9 Å². The maximum absolute atomic E-state index is 6.24. The number of nitrogens with one attached hydrogen (secondary N) is 1. The van der Waals surface area contributed by atoms with Gasteiger partial charge in [0.1, 0.15) is 0 Å². The van der Waals surface area contributed by atoms with E-state index in [4.69, 9.17) is 21.1 Å². The number of methoxy groups -OCH3 is 2. The molecule has 0 spiro atoms. The molecule has 0 aliphatic rings. The molecule has 0 amide bonds. The summed E-state index contributed by atoms with van der Waals surface area (Å²) >= 11 is 6.24. The molecule has 0 saturated heterocycles. The molecule has 104 valence electrons. The molecule has 18 heavy (non-hydrogen) atoms. The number of aromatic nitrogens is 2. The highest BCUT2D eigenvalue weighted by Gasteiger charge is 2.33. The van der Waals surface area contributed by atoms with Crippen molar-refractivity contribution in [1.82, 2.24) is 15.1 Å². The minimum atomic E-state index is -0.386. The first-order valence-electron chi connectivity index (χ1n) is 5.90. The fourth-order valence-electron chi connectivity index (χ4n) is 1.95. The maximum atomic E-state index is 6.24. The third-order valence-electron chi connectivity index (χ3n) is 3.12. The van der Waals surface area contributed by atoms with E-state index in [0.29, 0.717) is 18.2 Å². The van der Waals surface area contributed by atoms with Crippen molar-refractivity contribution >= 4 is 11.6 Å². The van der Waals surface area contributed by atoms with Crippen LogP contribution in [-0.4, -0.2) is 43.3 Å². The van der Waals surface area contributed by atoms with Crippen molar-refractivity contribution in [2.45, 2.75) is 32.0 Å². The Morgan fingerprint density at radius 2 is 2.17 bits per heavy atom. The molecule has 0 aromatic carbocycles. The quantitative estimate of drug-likeness (QED) is 0.825. The average Bonchev–Trinajstić information content (AvgIpc) is 2.69. The lowest BCUT2D eigenvalue weighted by Crippen LogP contribution is -2.40. The lowest BCUT2D eigenvalue weighted by Gasteiger charge is -2.33. The van der Waals surface area contributed by atoms with E-state index in [0.717, 1.165) is 5.69 Å². The van der Waals surface area contributed by atoms with Crippen LogP contribution in [0.25, 0.3) is 0 Å². The topological polar surface area (TPSA) is 48.3 Å². The van der Waals surface area contributed by atoms with Gasteiger partial charge in [-0.15, -0.1) is 0 Å². The van der Waals surface area contributed by atoms with Gasteiger partial charge in [-0.2, -0.15) is 5.10 Å². The van der Waals surface area contributed by atoms with Gasteiger partial charge in [0.2, 0.25) is 0 Å². The normalized spacial score (nSPS) is 13.9. The van der Waals surface area contributed by atoms with Gasteiger partial charge < -0.3 is 14.8 Å². The van der Waals surface area contributed by atoms with Gasteiger partial charge in [0.25, 0.3) is 0 Å². The second-order valence-corrected chi connectivity index (χ2v) is 5.03. The highest BCUT2D eigenvalue weighted by molar-refractivity contribution is 6.31. The van der Waals surface area contributed by atoms with Crippen LogP contribution in [0.3, 0.4) is 0 Å². The zero-order valence-corrected chi connectivity index (χ0v) is 12.4. The molecule has 0 saturated carbocycles. The van der Waals surface area contributed by atoms with E-state index in [2.05, 4.69) is 10.4 Å². The van der Waals surface area contributed by atoms with E-state index in [1.807, 2.05) is 25.6 Å². The van der Waals surface area contributed by atoms with Gasteiger partial charge in [-0.05, 0) is 20.9 Å². The molecule has 1 aromatic rings. The Kier molecular flexibility index (Phi) is 5.59. The Morgan fingerprint density at radius 3 is 2.67 bits per heavy atom. The molecule has 0 aliphatic heterocycles. The number of hydrogen-bond acceptors (Lipinski definition) is 4. The van der Waals surface area contributed by atoms with Crippen LogP contribution in [-0.2, 0) is 16.0 Å². The van der Waals surface area contributed by atoms with Crippen LogP contribution in [0.4, 0.5) is 0 Å². The van der Waals surface area contributed by atoms with Gasteiger partial charge in [-0.1, -0.05) is 11.6 Å². The summed E-state index contributed by atoms with van der Waals surface area (Å²) in [7, 11) is 5.24. The first-order valence-corrected chi connectivity index (χ1v) is 6.28. The van der Waals surface area contributed by atoms with Crippen molar-refractivity contribution in [3.63, 3.8) is 0 Å². The van der Waals surface area contributed by atoms with E-state index in [-0.39, 0.29) is 11.6 Å². The van der Waals surface area contributed by atoms with Crippen molar-refractivity contribution in [3.8, 4) is 0 Å². The van der Waals surface area contributed by atoms with Gasteiger partial charge >= 0.3 is 0 Å². The van der Waals surface area contributed by atoms with Crippen LogP contribution >= 0.6 is 11.6 Å². The van der Waals surface area contributed by atoms with Crippen LogP contribution in [0, 0.1) is 0 Å². The van der Waals surface area contributed by atoms with E-state index < -0.39 is 0 Å². The van der Waals surface area contributed by atoms with Gasteiger partial charge in [0.15, 0.2) is 0 Å². The molecule has 1 heterocycles. The summed E-state index contributed by atoms with van der Waals surface area (Å²) in [6, 6.07) is -0.0469. The predicted octanol–water partition coefficient (Wildman–Crippen LogP) is 1.87. The number of likely N-dealkylation sites (N-methyl/N-ethyl adjacent to an activating group) is 1.